The van der Waals surface area contributed by atoms with Crippen LogP contribution in [0, 0.1) is 5.92 Å². The normalized spacial score (nSPS) is 17.2. The van der Waals surface area contributed by atoms with Crippen LogP contribution in [0.25, 0.3) is 0 Å². The largest absolute Gasteiger partial charge is 0.317 e. The molecule has 1 fully saturated rings. The highest BCUT2D eigenvalue weighted by Gasteiger charge is 2.18. The average molecular weight is 283 g/mol. The van der Waals surface area contributed by atoms with Crippen LogP contribution < -0.4 is 5.32 Å². The summed E-state index contributed by atoms with van der Waals surface area (Å²) in [5.74, 6) is 0.934. The predicted molar refractivity (Wildman–Crippen MR) is 90.3 cm³/mol. The zero-order valence-electron chi connectivity index (χ0n) is 14.3. The van der Waals surface area contributed by atoms with Gasteiger partial charge in [-0.15, -0.1) is 0 Å². The van der Waals surface area contributed by atoms with Crippen LogP contribution in [-0.2, 0) is 0 Å². The Labute approximate surface area is 127 Å². The van der Waals surface area contributed by atoms with Crippen LogP contribution in [0.4, 0.5) is 0 Å². The van der Waals surface area contributed by atoms with Crippen molar-refractivity contribution in [1.29, 1.82) is 0 Å². The summed E-state index contributed by atoms with van der Waals surface area (Å²) in [6, 6.07) is 0.713. The molecule has 1 aliphatic heterocycles. The van der Waals surface area contributed by atoms with Crippen molar-refractivity contribution in [3.63, 3.8) is 0 Å². The molecular formula is C18H38N2. The lowest BCUT2D eigenvalue weighted by atomic mass is 9.97. The van der Waals surface area contributed by atoms with Gasteiger partial charge in [0.2, 0.25) is 0 Å². The van der Waals surface area contributed by atoms with Crippen LogP contribution >= 0.6 is 0 Å². The van der Waals surface area contributed by atoms with E-state index in [1.54, 1.807) is 0 Å². The van der Waals surface area contributed by atoms with Crippen molar-refractivity contribution in [2.24, 2.45) is 5.92 Å². The van der Waals surface area contributed by atoms with Crippen molar-refractivity contribution < 1.29 is 0 Å². The van der Waals surface area contributed by atoms with Crippen LogP contribution in [0.15, 0.2) is 0 Å². The molecule has 0 aliphatic carbocycles. The number of piperidine rings is 1. The summed E-state index contributed by atoms with van der Waals surface area (Å²) in [5, 5.41) is 3.48. The summed E-state index contributed by atoms with van der Waals surface area (Å²) in [7, 11) is 0. The molecule has 0 atom stereocenters. The van der Waals surface area contributed by atoms with Crippen molar-refractivity contribution in [2.45, 2.75) is 84.6 Å². The maximum Gasteiger partial charge on any atom is 0.00387 e. The summed E-state index contributed by atoms with van der Waals surface area (Å²) in [5.41, 5.74) is 0. The number of hydrogen-bond acceptors (Lipinski definition) is 2. The number of unbranched alkanes of at least 4 members (excludes halogenated alkanes) is 6. The molecule has 0 aromatic rings. The second-order valence-electron chi connectivity index (χ2n) is 6.90. The summed E-state index contributed by atoms with van der Waals surface area (Å²) >= 11 is 0. The third-order valence-electron chi connectivity index (χ3n) is 4.73. The minimum absolute atomic E-state index is 0.713. The molecule has 20 heavy (non-hydrogen) atoms. The van der Waals surface area contributed by atoms with Gasteiger partial charge in [0.05, 0.1) is 0 Å². The molecule has 2 nitrogen and oxygen atoms in total. The summed E-state index contributed by atoms with van der Waals surface area (Å²) in [6.45, 7) is 12.1. The first-order valence-electron chi connectivity index (χ1n) is 9.18. The Bertz CT molecular complexity index is 209. The van der Waals surface area contributed by atoms with Crippen molar-refractivity contribution in [2.75, 3.05) is 26.2 Å². The SMILES string of the molecule is CCCCCCCCCN(CC1CCNCC1)C(C)C. The molecule has 1 rings (SSSR count). The van der Waals surface area contributed by atoms with E-state index in [9.17, 15) is 0 Å². The lowest BCUT2D eigenvalue weighted by molar-refractivity contribution is 0.166. The molecule has 0 aromatic heterocycles. The van der Waals surface area contributed by atoms with Gasteiger partial charge in [0.25, 0.3) is 0 Å². The molecule has 1 N–H and O–H groups in total. The van der Waals surface area contributed by atoms with Crippen LogP contribution in [0.3, 0.4) is 0 Å². The lowest BCUT2D eigenvalue weighted by Gasteiger charge is -2.32. The van der Waals surface area contributed by atoms with Gasteiger partial charge in [-0.25, -0.2) is 0 Å². The fourth-order valence-corrected chi connectivity index (χ4v) is 3.23. The molecule has 0 spiro atoms. The van der Waals surface area contributed by atoms with E-state index in [1.165, 1.54) is 84.0 Å². The maximum atomic E-state index is 3.48. The number of nitrogens with zero attached hydrogens (tertiary/aromatic N) is 1. The second-order valence-corrected chi connectivity index (χ2v) is 6.90. The van der Waals surface area contributed by atoms with Gasteiger partial charge in [-0.2, -0.15) is 0 Å². The van der Waals surface area contributed by atoms with Crippen LogP contribution in [0.2, 0.25) is 0 Å². The summed E-state index contributed by atoms with van der Waals surface area (Å²) < 4.78 is 0. The first kappa shape index (κ1) is 18.0. The quantitative estimate of drug-likeness (QED) is 0.563. The Morgan fingerprint density at radius 3 is 2.15 bits per heavy atom. The summed E-state index contributed by atoms with van der Waals surface area (Å²) in [4.78, 5) is 2.72. The van der Waals surface area contributed by atoms with Crippen molar-refractivity contribution in [1.82, 2.24) is 10.2 Å². The average Bonchev–Trinajstić information content (AvgIpc) is 2.46. The van der Waals surface area contributed by atoms with Crippen LogP contribution in [0.1, 0.15) is 78.6 Å². The fraction of sp³-hybridized carbons (Fsp3) is 1.00. The number of rotatable bonds is 11. The topological polar surface area (TPSA) is 15.3 Å². The van der Waals surface area contributed by atoms with Crippen molar-refractivity contribution in [3.05, 3.63) is 0 Å². The Morgan fingerprint density at radius 1 is 0.950 bits per heavy atom. The molecule has 120 valence electrons. The minimum Gasteiger partial charge on any atom is -0.317 e. The number of hydrogen-bond donors (Lipinski definition) is 1. The minimum atomic E-state index is 0.713. The lowest BCUT2D eigenvalue weighted by Crippen LogP contribution is -2.39. The predicted octanol–water partition coefficient (Wildman–Crippen LogP) is 4.45. The zero-order valence-corrected chi connectivity index (χ0v) is 14.3. The van der Waals surface area contributed by atoms with E-state index in [0.29, 0.717) is 6.04 Å². The van der Waals surface area contributed by atoms with E-state index in [4.69, 9.17) is 0 Å². The zero-order chi connectivity index (χ0) is 14.6. The molecule has 2 heteroatoms. The highest BCUT2D eigenvalue weighted by Crippen LogP contribution is 2.16. The van der Waals surface area contributed by atoms with Gasteiger partial charge in [0.1, 0.15) is 0 Å². The highest BCUT2D eigenvalue weighted by atomic mass is 15.1. The van der Waals surface area contributed by atoms with Crippen molar-refractivity contribution >= 4 is 0 Å². The van der Waals surface area contributed by atoms with E-state index in [-0.39, 0.29) is 0 Å². The van der Waals surface area contributed by atoms with E-state index in [1.807, 2.05) is 0 Å². The van der Waals surface area contributed by atoms with Gasteiger partial charge >= 0.3 is 0 Å². The van der Waals surface area contributed by atoms with Gasteiger partial charge in [0.15, 0.2) is 0 Å². The molecule has 0 radical (unpaired) electrons. The third kappa shape index (κ3) is 8.26. The van der Waals surface area contributed by atoms with E-state index >= 15 is 0 Å². The van der Waals surface area contributed by atoms with E-state index in [0.717, 1.165) is 5.92 Å². The molecule has 0 saturated carbocycles. The maximum absolute atomic E-state index is 3.48. The Kier molecular flexibility index (Phi) is 10.4. The first-order valence-corrected chi connectivity index (χ1v) is 9.18. The second kappa shape index (κ2) is 11.6. The molecule has 0 amide bonds. The Morgan fingerprint density at radius 2 is 1.55 bits per heavy atom. The van der Waals surface area contributed by atoms with Crippen molar-refractivity contribution in [3.8, 4) is 0 Å². The molecule has 1 saturated heterocycles. The Hall–Kier alpha value is -0.0800. The molecule has 0 bridgehead atoms. The van der Waals surface area contributed by atoms with Gasteiger partial charge in [-0.05, 0) is 58.7 Å². The smallest absolute Gasteiger partial charge is 0.00387 e. The third-order valence-corrected chi connectivity index (χ3v) is 4.73. The standard InChI is InChI=1S/C18H38N2/c1-4-5-6-7-8-9-10-15-20(17(2)3)16-18-11-13-19-14-12-18/h17-19H,4-16H2,1-3H3. The summed E-state index contributed by atoms with van der Waals surface area (Å²) in [6.07, 6.45) is 12.7. The van der Waals surface area contributed by atoms with Gasteiger partial charge < -0.3 is 10.2 Å². The highest BCUT2D eigenvalue weighted by molar-refractivity contribution is 4.74. The fourth-order valence-electron chi connectivity index (χ4n) is 3.23. The van der Waals surface area contributed by atoms with Crippen LogP contribution in [-0.4, -0.2) is 37.1 Å². The molecular weight excluding hydrogens is 244 g/mol. The Balaban J connectivity index is 2.09. The van der Waals surface area contributed by atoms with Gasteiger partial charge in [-0.3, -0.25) is 0 Å². The van der Waals surface area contributed by atoms with Gasteiger partial charge in [-0.1, -0.05) is 45.4 Å². The molecule has 1 aliphatic rings. The molecule has 0 aromatic carbocycles. The van der Waals surface area contributed by atoms with Gasteiger partial charge in [0, 0.05) is 12.6 Å². The van der Waals surface area contributed by atoms with E-state index < -0.39 is 0 Å². The number of nitrogens with one attached hydrogen (secondary N) is 1. The molecule has 1 heterocycles. The van der Waals surface area contributed by atoms with Crippen LogP contribution in [0.5, 0.6) is 0 Å². The van der Waals surface area contributed by atoms with E-state index in [2.05, 4.69) is 31.0 Å². The molecule has 0 unspecified atom stereocenters. The first-order chi connectivity index (χ1) is 9.74. The monoisotopic (exact) mass is 282 g/mol.